The summed E-state index contributed by atoms with van der Waals surface area (Å²) in [4.78, 5) is 25.6. The molecule has 0 radical (unpaired) electrons. The number of nitrogens with one attached hydrogen (secondary N) is 2. The van der Waals surface area contributed by atoms with E-state index in [1.807, 2.05) is 84.9 Å². The van der Waals surface area contributed by atoms with Crippen LogP contribution in [0.4, 0.5) is 11.4 Å². The van der Waals surface area contributed by atoms with Crippen molar-refractivity contribution in [2.75, 3.05) is 38.3 Å². The molecule has 0 aliphatic carbocycles. The molecule has 0 unspecified atom stereocenters. The monoisotopic (exact) mass is 738 g/mol. The molecule has 0 aromatic heterocycles. The molecule has 52 heavy (non-hydrogen) atoms. The smallest absolute Gasteiger partial charge is 0.255 e. The van der Waals surface area contributed by atoms with Crippen molar-refractivity contribution in [2.24, 2.45) is 0 Å². The summed E-state index contributed by atoms with van der Waals surface area (Å²) in [5, 5.41) is 6.02. The molecule has 0 atom stereocenters. The first-order valence-corrected chi connectivity index (χ1v) is 18.1. The lowest BCUT2D eigenvalue weighted by Gasteiger charge is -2.23. The van der Waals surface area contributed by atoms with Gasteiger partial charge in [0.2, 0.25) is 0 Å². The third kappa shape index (κ3) is 13.0. The zero-order chi connectivity index (χ0) is 35.3. The maximum Gasteiger partial charge on any atom is 0.255 e. The molecule has 0 aliphatic rings. The molecule has 0 heterocycles. The van der Waals surface area contributed by atoms with Crippen LogP contribution in [-0.4, -0.2) is 44.0 Å². The topological polar surface area (TPSA) is 58.2 Å². The first kappa shape index (κ1) is 42.0. The summed E-state index contributed by atoms with van der Waals surface area (Å²) in [5.41, 5.74) is 9.69. The van der Waals surface area contributed by atoms with E-state index in [0.29, 0.717) is 11.1 Å². The highest BCUT2D eigenvalue weighted by molar-refractivity contribution is 6.05. The fourth-order valence-corrected chi connectivity index (χ4v) is 6.09. The predicted molar refractivity (Wildman–Crippen MR) is 212 cm³/mol. The Balaban J connectivity index is 0.00000324. The number of quaternary nitrogens is 1. The third-order valence-electron chi connectivity index (χ3n) is 9.22. The van der Waals surface area contributed by atoms with E-state index in [1.165, 1.54) is 56.2 Å². The van der Waals surface area contributed by atoms with Crippen LogP contribution in [0.2, 0.25) is 0 Å². The molecule has 0 aliphatic heterocycles. The highest BCUT2D eigenvalue weighted by Crippen LogP contribution is 2.27. The number of nitrogens with zero attached hydrogens (tertiary/aromatic N) is 1. The molecule has 2 N–H and O–H groups in total. The summed E-state index contributed by atoms with van der Waals surface area (Å²) in [7, 11) is 6.78. The Labute approximate surface area is 324 Å². The van der Waals surface area contributed by atoms with Crippen LogP contribution in [0.3, 0.4) is 0 Å². The van der Waals surface area contributed by atoms with Gasteiger partial charge in [-0.2, -0.15) is 0 Å². The van der Waals surface area contributed by atoms with E-state index in [2.05, 4.69) is 75.1 Å². The van der Waals surface area contributed by atoms with Gasteiger partial charge in [-0.1, -0.05) is 99.0 Å². The SMILES string of the molecule is CCc1ccc(C(=O)Nc2ccc(-c3ccc(-c4ccc(NC(=O)c5ccc(CCCCCCCC[N+](C)(C)C)cc5)cc4)cc3)cc2)cc1.[Cl-].[Cl-].[HH]. The molecule has 0 spiro atoms. The van der Waals surface area contributed by atoms with Gasteiger partial charge in [0.05, 0.1) is 27.7 Å². The number of hydrogen-bond donors (Lipinski definition) is 2. The van der Waals surface area contributed by atoms with E-state index in [4.69, 9.17) is 0 Å². The lowest BCUT2D eigenvalue weighted by atomic mass is 10.00. The van der Waals surface area contributed by atoms with E-state index < -0.39 is 0 Å². The van der Waals surface area contributed by atoms with Crippen LogP contribution in [0.5, 0.6) is 0 Å². The third-order valence-corrected chi connectivity index (χ3v) is 9.22. The van der Waals surface area contributed by atoms with Gasteiger partial charge in [0.1, 0.15) is 0 Å². The zero-order valence-corrected chi connectivity index (χ0v) is 32.4. The molecule has 0 fully saturated rings. The van der Waals surface area contributed by atoms with Crippen LogP contribution in [0.15, 0.2) is 121 Å². The average Bonchev–Trinajstić information content (AvgIpc) is 3.13. The van der Waals surface area contributed by atoms with E-state index in [0.717, 1.165) is 51.0 Å². The van der Waals surface area contributed by atoms with Crippen LogP contribution in [-0.2, 0) is 12.8 Å². The average molecular weight is 740 g/mol. The molecular weight excluding hydrogens is 685 g/mol. The second-order valence-corrected chi connectivity index (χ2v) is 14.3. The van der Waals surface area contributed by atoms with Crippen molar-refractivity contribution in [1.29, 1.82) is 0 Å². The molecular formula is C45H54Cl2N3O2-. The molecule has 5 aromatic rings. The quantitative estimate of drug-likeness (QED) is 0.112. The van der Waals surface area contributed by atoms with Crippen molar-refractivity contribution in [1.82, 2.24) is 0 Å². The molecule has 5 rings (SSSR count). The molecule has 2 amide bonds. The minimum Gasteiger partial charge on any atom is -1.00 e. The molecule has 7 heteroatoms. The summed E-state index contributed by atoms with van der Waals surface area (Å²) >= 11 is 0. The van der Waals surface area contributed by atoms with Gasteiger partial charge < -0.3 is 39.9 Å². The number of anilines is 2. The van der Waals surface area contributed by atoms with Gasteiger partial charge >= 0.3 is 0 Å². The van der Waals surface area contributed by atoms with E-state index in [9.17, 15) is 9.59 Å². The Hall–Kier alpha value is -4.42. The van der Waals surface area contributed by atoms with E-state index >= 15 is 0 Å². The molecule has 5 aromatic carbocycles. The zero-order valence-electron chi connectivity index (χ0n) is 30.9. The van der Waals surface area contributed by atoms with Crippen molar-refractivity contribution in [2.45, 2.75) is 58.3 Å². The summed E-state index contributed by atoms with van der Waals surface area (Å²) in [6.45, 7) is 3.35. The second kappa shape index (κ2) is 20.6. The lowest BCUT2D eigenvalue weighted by molar-refractivity contribution is -0.870. The highest BCUT2D eigenvalue weighted by Gasteiger charge is 2.09. The minimum absolute atomic E-state index is 0. The number of halogens is 2. The van der Waals surface area contributed by atoms with Crippen LogP contribution in [0.1, 0.15) is 78.7 Å². The van der Waals surface area contributed by atoms with Gasteiger partial charge in [-0.15, -0.1) is 0 Å². The van der Waals surface area contributed by atoms with Crippen molar-refractivity contribution in [3.05, 3.63) is 144 Å². The Bertz CT molecular complexity index is 1820. The maximum absolute atomic E-state index is 12.9. The largest absolute Gasteiger partial charge is 1.00 e. The molecule has 0 saturated heterocycles. The van der Waals surface area contributed by atoms with Gasteiger partial charge in [0, 0.05) is 23.9 Å². The number of aryl methyl sites for hydroxylation is 2. The molecule has 5 nitrogen and oxygen atoms in total. The van der Waals surface area contributed by atoms with Crippen LogP contribution in [0, 0.1) is 0 Å². The number of rotatable bonds is 16. The van der Waals surface area contributed by atoms with Crippen LogP contribution < -0.4 is 35.4 Å². The summed E-state index contributed by atoms with van der Waals surface area (Å²) in [6.07, 6.45) is 9.72. The van der Waals surface area contributed by atoms with E-state index in [-0.39, 0.29) is 38.1 Å². The Morgan fingerprint density at radius 3 is 1.21 bits per heavy atom. The van der Waals surface area contributed by atoms with Gasteiger partial charge in [-0.3, -0.25) is 9.59 Å². The minimum atomic E-state index is -0.113. The van der Waals surface area contributed by atoms with Crippen molar-refractivity contribution in [3.63, 3.8) is 0 Å². The van der Waals surface area contributed by atoms with Crippen LogP contribution >= 0.6 is 0 Å². The maximum atomic E-state index is 12.9. The van der Waals surface area contributed by atoms with Gasteiger partial charge in [0.15, 0.2) is 0 Å². The first-order chi connectivity index (χ1) is 24.2. The van der Waals surface area contributed by atoms with Gasteiger partial charge in [-0.05, 0) is 114 Å². The van der Waals surface area contributed by atoms with Crippen LogP contribution in [0.25, 0.3) is 22.3 Å². The predicted octanol–water partition coefficient (Wildman–Crippen LogP) is 4.93. The van der Waals surface area contributed by atoms with E-state index in [1.54, 1.807) is 0 Å². The standard InChI is InChI=1S/C45H51N3O2.2ClH.H2/c1-5-34-13-17-40(18-14-34)44(49)46-42-29-25-38(26-30-42)36-21-23-37(24-22-36)39-27-31-43(32-28-39)47-45(50)41-19-15-35(16-20-41)12-10-8-6-7-9-11-33-48(2,3)4;;;/h13-32H,5-12,33H2,1-4H3,(H-,46,47,49,50);3*1H/p-1. The Morgan fingerprint density at radius 2 is 0.827 bits per heavy atom. The van der Waals surface area contributed by atoms with Gasteiger partial charge in [0.25, 0.3) is 11.8 Å². The number of benzene rings is 5. The summed E-state index contributed by atoms with van der Waals surface area (Å²) in [5.74, 6) is -0.212. The number of carbonyl (C=O) groups excluding carboxylic acids is 2. The fourth-order valence-electron chi connectivity index (χ4n) is 6.09. The molecule has 0 bridgehead atoms. The summed E-state index contributed by atoms with van der Waals surface area (Å²) in [6, 6.07) is 40.0. The first-order valence-electron chi connectivity index (χ1n) is 18.1. The highest BCUT2D eigenvalue weighted by atomic mass is 35.5. The fraction of sp³-hybridized carbons (Fsp3) is 0.289. The molecule has 276 valence electrons. The summed E-state index contributed by atoms with van der Waals surface area (Å²) < 4.78 is 1.05. The number of amides is 2. The Morgan fingerprint density at radius 1 is 0.481 bits per heavy atom. The number of carbonyl (C=O) groups is 2. The van der Waals surface area contributed by atoms with Crippen molar-refractivity contribution < 1.29 is 40.3 Å². The normalized spacial score (nSPS) is 10.8. The van der Waals surface area contributed by atoms with Crippen molar-refractivity contribution >= 4 is 23.2 Å². The van der Waals surface area contributed by atoms with Crippen molar-refractivity contribution in [3.8, 4) is 22.3 Å². The molecule has 0 saturated carbocycles. The number of hydrogen-bond acceptors (Lipinski definition) is 2. The second-order valence-electron chi connectivity index (χ2n) is 14.3. The van der Waals surface area contributed by atoms with Gasteiger partial charge in [-0.25, -0.2) is 0 Å². The Kier molecular flexibility index (Phi) is 16.6. The number of unbranched alkanes of at least 4 members (excludes halogenated alkanes) is 5. The lowest BCUT2D eigenvalue weighted by Crippen LogP contribution is -3.00.